The van der Waals surface area contributed by atoms with Crippen molar-refractivity contribution in [3.8, 4) is 0 Å². The molecule has 0 saturated heterocycles. The summed E-state index contributed by atoms with van der Waals surface area (Å²) in [6.45, 7) is 5.90. The number of unbranched alkanes of at least 4 members (excludes halogenated alkanes) is 30. The van der Waals surface area contributed by atoms with Crippen LogP contribution in [0.25, 0.3) is 0 Å². The van der Waals surface area contributed by atoms with E-state index in [2.05, 4.69) is 32.8 Å². The summed E-state index contributed by atoms with van der Waals surface area (Å²) in [5.41, 5.74) is 0. The van der Waals surface area contributed by atoms with Gasteiger partial charge in [0.2, 0.25) is 0 Å². The molecule has 254 valence electrons. The highest BCUT2D eigenvalue weighted by Crippen LogP contribution is 2.23. The molecule has 0 saturated carbocycles. The van der Waals surface area contributed by atoms with Gasteiger partial charge in [-0.1, -0.05) is 232 Å². The van der Waals surface area contributed by atoms with Crippen LogP contribution in [0.2, 0.25) is 0 Å². The number of nitrogens with zero attached hydrogens (tertiary/aromatic N) is 1. The third-order valence-corrected chi connectivity index (χ3v) is 9.92. The van der Waals surface area contributed by atoms with Crippen molar-refractivity contribution in [1.82, 2.24) is 4.90 Å². The molecule has 0 N–H and O–H groups in total. The molecule has 0 amide bonds. The van der Waals surface area contributed by atoms with Gasteiger partial charge in [0.05, 0.1) is 0 Å². The molecule has 0 aliphatic rings. The van der Waals surface area contributed by atoms with Crippen molar-refractivity contribution in [2.75, 3.05) is 20.6 Å². The van der Waals surface area contributed by atoms with E-state index in [0.717, 1.165) is 5.92 Å². The lowest BCUT2D eigenvalue weighted by molar-refractivity contribution is 0.314. The summed E-state index contributed by atoms with van der Waals surface area (Å²) in [6, 6.07) is 0. The van der Waals surface area contributed by atoms with Gasteiger partial charge < -0.3 is 4.90 Å². The molecule has 0 aromatic heterocycles. The van der Waals surface area contributed by atoms with E-state index in [9.17, 15) is 0 Å². The molecule has 0 radical (unpaired) electrons. The lowest BCUT2D eigenvalue weighted by atomic mass is 9.91. The Morgan fingerprint density at radius 2 is 0.500 bits per heavy atom. The first kappa shape index (κ1) is 42.0. The Kier molecular flexibility index (Phi) is 37.1. The predicted octanol–water partition coefficient (Wildman–Crippen LogP) is 14.9. The fourth-order valence-corrected chi connectivity index (χ4v) is 6.84. The quantitative estimate of drug-likeness (QED) is 0.0649. The minimum Gasteiger partial charge on any atom is -0.309 e. The van der Waals surface area contributed by atoms with E-state index in [1.807, 2.05) is 0 Å². The maximum absolute atomic E-state index is 2.40. The standard InChI is InChI=1S/C41H85N/c1-5-7-9-11-13-15-17-19-21-23-25-27-29-31-33-35-37-41(39-40-42(3)4)38-36-34-32-30-28-26-24-22-20-18-16-14-12-10-8-6-2/h41H,5-40H2,1-4H3. The fourth-order valence-electron chi connectivity index (χ4n) is 6.84. The molecule has 0 unspecified atom stereocenters. The van der Waals surface area contributed by atoms with Crippen LogP contribution in [0.3, 0.4) is 0 Å². The van der Waals surface area contributed by atoms with Crippen molar-refractivity contribution < 1.29 is 0 Å². The third-order valence-electron chi connectivity index (χ3n) is 9.92. The summed E-state index contributed by atoms with van der Waals surface area (Å²) < 4.78 is 0. The van der Waals surface area contributed by atoms with Crippen molar-refractivity contribution in [1.29, 1.82) is 0 Å². The molecule has 0 aromatic carbocycles. The normalized spacial score (nSPS) is 11.9. The van der Waals surface area contributed by atoms with Crippen LogP contribution in [-0.2, 0) is 0 Å². The molecule has 0 spiro atoms. The van der Waals surface area contributed by atoms with E-state index in [1.165, 1.54) is 231 Å². The van der Waals surface area contributed by atoms with Crippen LogP contribution in [-0.4, -0.2) is 25.5 Å². The average molecular weight is 592 g/mol. The van der Waals surface area contributed by atoms with Crippen molar-refractivity contribution in [3.63, 3.8) is 0 Å². The van der Waals surface area contributed by atoms with Gasteiger partial charge in [-0.05, 0) is 33.0 Å². The summed E-state index contributed by atoms with van der Waals surface area (Å²) in [5, 5.41) is 0. The number of hydrogen-bond donors (Lipinski definition) is 0. The maximum Gasteiger partial charge on any atom is -0.00222 e. The summed E-state index contributed by atoms with van der Waals surface area (Å²) in [7, 11) is 4.50. The van der Waals surface area contributed by atoms with Gasteiger partial charge in [0.15, 0.2) is 0 Å². The van der Waals surface area contributed by atoms with Crippen molar-refractivity contribution >= 4 is 0 Å². The Hall–Kier alpha value is -0.0400. The maximum atomic E-state index is 2.40. The second-order valence-electron chi connectivity index (χ2n) is 14.6. The van der Waals surface area contributed by atoms with Gasteiger partial charge in [-0.15, -0.1) is 0 Å². The summed E-state index contributed by atoms with van der Waals surface area (Å²) in [6.07, 6.45) is 51.6. The Bertz CT molecular complexity index is 422. The lowest BCUT2D eigenvalue weighted by Gasteiger charge is -2.19. The zero-order valence-corrected chi connectivity index (χ0v) is 30.5. The Morgan fingerprint density at radius 1 is 0.286 bits per heavy atom. The molecule has 1 nitrogen and oxygen atoms in total. The largest absolute Gasteiger partial charge is 0.309 e. The van der Waals surface area contributed by atoms with E-state index in [-0.39, 0.29) is 0 Å². The average Bonchev–Trinajstić information content (AvgIpc) is 2.98. The van der Waals surface area contributed by atoms with Gasteiger partial charge in [0.1, 0.15) is 0 Å². The molecule has 0 atom stereocenters. The molecular formula is C41H85N. The van der Waals surface area contributed by atoms with Crippen LogP contribution < -0.4 is 0 Å². The topological polar surface area (TPSA) is 3.24 Å². The second kappa shape index (κ2) is 37.1. The monoisotopic (exact) mass is 592 g/mol. The SMILES string of the molecule is CCCCCCCCCCCCCCCCCCC(CCCCCCCCCCCCCCCCCC)CCN(C)C. The smallest absolute Gasteiger partial charge is 0.00222 e. The molecule has 42 heavy (non-hydrogen) atoms. The first-order valence-electron chi connectivity index (χ1n) is 20.3. The number of rotatable bonds is 37. The summed E-state index contributed by atoms with van der Waals surface area (Å²) in [4.78, 5) is 2.40. The minimum absolute atomic E-state index is 0.977. The van der Waals surface area contributed by atoms with Crippen molar-refractivity contribution in [2.45, 2.75) is 239 Å². The fraction of sp³-hybridized carbons (Fsp3) is 1.00. The number of hydrogen-bond acceptors (Lipinski definition) is 1. The van der Waals surface area contributed by atoms with E-state index < -0.39 is 0 Å². The molecule has 0 aromatic rings. The zero-order chi connectivity index (χ0) is 30.6. The first-order chi connectivity index (χ1) is 20.7. The van der Waals surface area contributed by atoms with Gasteiger partial charge in [0, 0.05) is 0 Å². The van der Waals surface area contributed by atoms with Crippen molar-refractivity contribution in [2.24, 2.45) is 5.92 Å². The van der Waals surface area contributed by atoms with E-state index in [0.29, 0.717) is 0 Å². The van der Waals surface area contributed by atoms with Gasteiger partial charge in [-0.2, -0.15) is 0 Å². The van der Waals surface area contributed by atoms with Crippen LogP contribution in [0.5, 0.6) is 0 Å². The van der Waals surface area contributed by atoms with Gasteiger partial charge >= 0.3 is 0 Å². The van der Waals surface area contributed by atoms with Gasteiger partial charge in [0.25, 0.3) is 0 Å². The molecule has 0 rings (SSSR count). The van der Waals surface area contributed by atoms with Crippen molar-refractivity contribution in [3.05, 3.63) is 0 Å². The summed E-state index contributed by atoms with van der Waals surface area (Å²) in [5.74, 6) is 0.977. The van der Waals surface area contributed by atoms with Crippen LogP contribution in [0, 0.1) is 5.92 Å². The molecule has 1 heteroatoms. The Balaban J connectivity index is 3.54. The Morgan fingerprint density at radius 3 is 0.714 bits per heavy atom. The van der Waals surface area contributed by atoms with Crippen LogP contribution >= 0.6 is 0 Å². The lowest BCUT2D eigenvalue weighted by Crippen LogP contribution is -2.17. The highest BCUT2D eigenvalue weighted by molar-refractivity contribution is 4.63. The summed E-state index contributed by atoms with van der Waals surface area (Å²) >= 11 is 0. The predicted molar refractivity (Wildman–Crippen MR) is 195 cm³/mol. The molecule has 0 aliphatic heterocycles. The first-order valence-corrected chi connectivity index (χ1v) is 20.3. The van der Waals surface area contributed by atoms with Gasteiger partial charge in [-0.25, -0.2) is 0 Å². The van der Waals surface area contributed by atoms with Gasteiger partial charge in [-0.3, -0.25) is 0 Å². The molecular weight excluding hydrogens is 506 g/mol. The third kappa shape index (κ3) is 36.2. The van der Waals surface area contributed by atoms with Crippen LogP contribution in [0.1, 0.15) is 239 Å². The minimum atomic E-state index is 0.977. The van der Waals surface area contributed by atoms with E-state index in [4.69, 9.17) is 0 Å². The molecule has 0 bridgehead atoms. The molecule has 0 heterocycles. The van der Waals surface area contributed by atoms with Crippen LogP contribution in [0.15, 0.2) is 0 Å². The second-order valence-corrected chi connectivity index (χ2v) is 14.6. The van der Waals surface area contributed by atoms with Crippen LogP contribution in [0.4, 0.5) is 0 Å². The molecule has 0 aliphatic carbocycles. The highest BCUT2D eigenvalue weighted by atomic mass is 15.0. The highest BCUT2D eigenvalue weighted by Gasteiger charge is 2.09. The molecule has 0 fully saturated rings. The Labute approximate surface area is 269 Å². The zero-order valence-electron chi connectivity index (χ0n) is 30.5. The van der Waals surface area contributed by atoms with E-state index in [1.54, 1.807) is 0 Å². The van der Waals surface area contributed by atoms with E-state index >= 15 is 0 Å².